The standard InChI is InChI=1S/C19H12O4S/c20-13-8-14(21)18-15(22)9-16(11-4-2-1-3-5-11)23-19(18)17(13)12-6-7-24-10-12/h1-10,20-21H. The van der Waals surface area contributed by atoms with Gasteiger partial charge in [-0.3, -0.25) is 4.79 Å². The fourth-order valence-electron chi connectivity index (χ4n) is 2.73. The second-order valence-corrected chi connectivity index (χ2v) is 6.13. The molecule has 0 unspecified atom stereocenters. The van der Waals surface area contributed by atoms with E-state index in [-0.39, 0.29) is 27.9 Å². The van der Waals surface area contributed by atoms with Crippen molar-refractivity contribution in [2.24, 2.45) is 0 Å². The summed E-state index contributed by atoms with van der Waals surface area (Å²) in [5.74, 6) is -0.0452. The maximum Gasteiger partial charge on any atom is 0.197 e. The lowest BCUT2D eigenvalue weighted by molar-refractivity contribution is 0.454. The number of thiophene rings is 1. The van der Waals surface area contributed by atoms with Crippen molar-refractivity contribution in [1.29, 1.82) is 0 Å². The average Bonchev–Trinajstić information content (AvgIpc) is 3.09. The van der Waals surface area contributed by atoms with Gasteiger partial charge in [0, 0.05) is 17.7 Å². The molecule has 0 saturated carbocycles. The molecule has 4 aromatic rings. The number of hydrogen-bond donors (Lipinski definition) is 2. The minimum Gasteiger partial charge on any atom is -0.507 e. The minimum atomic E-state index is -0.357. The van der Waals surface area contributed by atoms with E-state index < -0.39 is 0 Å². The van der Waals surface area contributed by atoms with E-state index >= 15 is 0 Å². The molecule has 0 bridgehead atoms. The molecule has 0 aliphatic rings. The van der Waals surface area contributed by atoms with Crippen LogP contribution in [0.4, 0.5) is 0 Å². The molecular weight excluding hydrogens is 324 g/mol. The first kappa shape index (κ1) is 14.5. The Hall–Kier alpha value is -3.05. The van der Waals surface area contributed by atoms with Crippen molar-refractivity contribution >= 4 is 22.3 Å². The van der Waals surface area contributed by atoms with Crippen LogP contribution in [0, 0.1) is 0 Å². The van der Waals surface area contributed by atoms with E-state index in [1.165, 1.54) is 23.5 Å². The van der Waals surface area contributed by atoms with Crippen LogP contribution in [-0.4, -0.2) is 10.2 Å². The minimum absolute atomic E-state index is 0.0636. The highest BCUT2D eigenvalue weighted by Crippen LogP contribution is 2.41. The first-order valence-corrected chi connectivity index (χ1v) is 8.20. The lowest BCUT2D eigenvalue weighted by Crippen LogP contribution is -2.02. The molecule has 0 spiro atoms. The Morgan fingerprint density at radius 3 is 2.42 bits per heavy atom. The summed E-state index contributed by atoms with van der Waals surface area (Å²) in [6.07, 6.45) is 0. The Kier molecular flexibility index (Phi) is 3.36. The van der Waals surface area contributed by atoms with Crippen molar-refractivity contribution in [3.05, 3.63) is 69.5 Å². The summed E-state index contributed by atoms with van der Waals surface area (Å²) in [7, 11) is 0. The molecule has 2 N–H and O–H groups in total. The summed E-state index contributed by atoms with van der Waals surface area (Å²) in [4.78, 5) is 12.5. The Bertz CT molecular complexity index is 1080. The van der Waals surface area contributed by atoms with Gasteiger partial charge >= 0.3 is 0 Å². The number of phenolic OH excluding ortho intramolecular Hbond substituents is 2. The Morgan fingerprint density at radius 1 is 0.917 bits per heavy atom. The molecule has 0 aliphatic carbocycles. The van der Waals surface area contributed by atoms with Crippen LogP contribution in [0.2, 0.25) is 0 Å². The molecule has 0 saturated heterocycles. The zero-order chi connectivity index (χ0) is 16.7. The van der Waals surface area contributed by atoms with Crippen molar-refractivity contribution in [3.8, 4) is 33.9 Å². The normalized spacial score (nSPS) is 11.0. The van der Waals surface area contributed by atoms with Gasteiger partial charge in [0.2, 0.25) is 0 Å². The van der Waals surface area contributed by atoms with E-state index in [4.69, 9.17) is 4.42 Å². The summed E-state index contributed by atoms with van der Waals surface area (Å²) < 4.78 is 5.93. The third-order valence-electron chi connectivity index (χ3n) is 3.83. The van der Waals surface area contributed by atoms with Crippen LogP contribution in [0.25, 0.3) is 33.4 Å². The second-order valence-electron chi connectivity index (χ2n) is 5.35. The van der Waals surface area contributed by atoms with Crippen LogP contribution in [0.15, 0.2) is 68.5 Å². The molecule has 4 rings (SSSR count). The zero-order valence-electron chi connectivity index (χ0n) is 12.4. The number of hydrogen-bond acceptors (Lipinski definition) is 5. The van der Waals surface area contributed by atoms with Gasteiger partial charge in [-0.1, -0.05) is 30.3 Å². The second kappa shape index (κ2) is 5.54. The van der Waals surface area contributed by atoms with Crippen molar-refractivity contribution in [3.63, 3.8) is 0 Å². The van der Waals surface area contributed by atoms with Crippen LogP contribution in [0.3, 0.4) is 0 Å². The molecule has 0 aliphatic heterocycles. The van der Waals surface area contributed by atoms with Gasteiger partial charge < -0.3 is 14.6 Å². The molecule has 0 atom stereocenters. The van der Waals surface area contributed by atoms with Crippen LogP contribution in [0.1, 0.15) is 0 Å². The Labute approximate surface area is 140 Å². The van der Waals surface area contributed by atoms with E-state index in [2.05, 4.69) is 0 Å². The molecular formula is C19H12O4S. The summed E-state index contributed by atoms with van der Waals surface area (Å²) >= 11 is 1.47. The van der Waals surface area contributed by atoms with Crippen LogP contribution in [-0.2, 0) is 0 Å². The third-order valence-corrected chi connectivity index (χ3v) is 4.51. The molecule has 5 heteroatoms. The average molecular weight is 336 g/mol. The van der Waals surface area contributed by atoms with Gasteiger partial charge in [0.1, 0.15) is 22.6 Å². The van der Waals surface area contributed by atoms with Gasteiger partial charge in [-0.05, 0) is 22.4 Å². The summed E-state index contributed by atoms with van der Waals surface area (Å²) in [5.41, 5.74) is 1.70. The predicted molar refractivity (Wildman–Crippen MR) is 94.6 cm³/mol. The van der Waals surface area contributed by atoms with Crippen LogP contribution in [0.5, 0.6) is 11.5 Å². The highest BCUT2D eigenvalue weighted by Gasteiger charge is 2.19. The number of phenols is 2. The van der Waals surface area contributed by atoms with Gasteiger partial charge in [0.15, 0.2) is 11.0 Å². The lowest BCUT2D eigenvalue weighted by Gasteiger charge is -2.10. The fourth-order valence-corrected chi connectivity index (χ4v) is 3.38. The molecule has 4 nitrogen and oxygen atoms in total. The number of aromatic hydroxyl groups is 2. The zero-order valence-corrected chi connectivity index (χ0v) is 13.2. The van der Waals surface area contributed by atoms with E-state index in [1.54, 1.807) is 0 Å². The maximum absolute atomic E-state index is 12.5. The van der Waals surface area contributed by atoms with Gasteiger partial charge in [-0.2, -0.15) is 11.3 Å². The fraction of sp³-hybridized carbons (Fsp3) is 0. The monoisotopic (exact) mass is 336 g/mol. The smallest absolute Gasteiger partial charge is 0.197 e. The number of benzene rings is 2. The summed E-state index contributed by atoms with van der Waals surface area (Å²) in [6, 6.07) is 13.6. The molecule has 24 heavy (non-hydrogen) atoms. The summed E-state index contributed by atoms with van der Waals surface area (Å²) in [5, 5.41) is 24.2. The summed E-state index contributed by atoms with van der Waals surface area (Å²) in [6.45, 7) is 0. The van der Waals surface area contributed by atoms with Gasteiger partial charge in [0.25, 0.3) is 0 Å². The van der Waals surface area contributed by atoms with Gasteiger partial charge in [-0.25, -0.2) is 0 Å². The Morgan fingerprint density at radius 2 is 1.71 bits per heavy atom. The molecule has 2 aromatic heterocycles. The van der Waals surface area contributed by atoms with Gasteiger partial charge in [-0.15, -0.1) is 0 Å². The van der Waals surface area contributed by atoms with E-state index in [9.17, 15) is 15.0 Å². The van der Waals surface area contributed by atoms with Crippen LogP contribution >= 0.6 is 11.3 Å². The highest BCUT2D eigenvalue weighted by atomic mass is 32.1. The molecule has 2 aromatic carbocycles. The topological polar surface area (TPSA) is 70.7 Å². The first-order chi connectivity index (χ1) is 11.6. The quantitative estimate of drug-likeness (QED) is 0.561. The van der Waals surface area contributed by atoms with Crippen molar-refractivity contribution < 1.29 is 14.6 Å². The first-order valence-electron chi connectivity index (χ1n) is 7.26. The van der Waals surface area contributed by atoms with E-state index in [0.29, 0.717) is 11.3 Å². The number of rotatable bonds is 2. The van der Waals surface area contributed by atoms with E-state index in [1.807, 2.05) is 47.2 Å². The molecule has 118 valence electrons. The van der Waals surface area contributed by atoms with E-state index in [0.717, 1.165) is 11.1 Å². The Balaban J connectivity index is 2.13. The molecule has 0 fully saturated rings. The predicted octanol–water partition coefficient (Wildman–Crippen LogP) is 4.60. The lowest BCUT2D eigenvalue weighted by atomic mass is 10.0. The van der Waals surface area contributed by atoms with Crippen molar-refractivity contribution in [2.45, 2.75) is 0 Å². The van der Waals surface area contributed by atoms with Crippen LogP contribution < -0.4 is 5.43 Å². The molecule has 0 radical (unpaired) electrons. The highest BCUT2D eigenvalue weighted by molar-refractivity contribution is 7.08. The largest absolute Gasteiger partial charge is 0.507 e. The van der Waals surface area contributed by atoms with Crippen molar-refractivity contribution in [2.75, 3.05) is 0 Å². The third kappa shape index (κ3) is 2.26. The SMILES string of the molecule is O=c1cc(-c2ccccc2)oc2c(-c3ccsc3)c(O)cc(O)c12. The van der Waals surface area contributed by atoms with Crippen molar-refractivity contribution in [1.82, 2.24) is 0 Å². The maximum atomic E-state index is 12.5. The number of fused-ring (bicyclic) bond motifs is 1. The van der Waals surface area contributed by atoms with Gasteiger partial charge in [0.05, 0.1) is 5.56 Å². The molecule has 0 amide bonds. The molecule has 2 heterocycles.